The summed E-state index contributed by atoms with van der Waals surface area (Å²) >= 11 is 0. The van der Waals surface area contributed by atoms with Crippen LogP contribution in [0.15, 0.2) is 18.3 Å². The molecule has 0 radical (unpaired) electrons. The lowest BCUT2D eigenvalue weighted by atomic mass is 10.2. The fraction of sp³-hybridized carbons (Fsp3) is 0.455. The number of pyridine rings is 1. The third-order valence-electron chi connectivity index (χ3n) is 2.72. The molecule has 1 aliphatic rings. The number of aromatic nitrogens is 1. The van der Waals surface area contributed by atoms with Gasteiger partial charge in [-0.1, -0.05) is 0 Å². The van der Waals surface area contributed by atoms with Gasteiger partial charge in [-0.05, 0) is 18.6 Å². The molecule has 1 aliphatic heterocycles. The summed E-state index contributed by atoms with van der Waals surface area (Å²) in [6.45, 7) is 1.59. The SMILES string of the molecule is CN(c1ccnc(C#N)c1)C1CCOC1. The standard InChI is InChI=1S/C11H13N3O/c1-14(11-3-5-15-8-11)10-2-4-13-9(6-10)7-12/h2,4,6,11H,3,5,8H2,1H3. The van der Waals surface area contributed by atoms with Crippen molar-refractivity contribution in [3.63, 3.8) is 0 Å². The Morgan fingerprint density at radius 1 is 1.67 bits per heavy atom. The minimum atomic E-state index is 0.416. The molecule has 1 atom stereocenters. The first-order valence-corrected chi connectivity index (χ1v) is 4.98. The number of nitrogens with zero attached hydrogens (tertiary/aromatic N) is 3. The zero-order valence-corrected chi connectivity index (χ0v) is 8.68. The molecule has 1 saturated heterocycles. The summed E-state index contributed by atoms with van der Waals surface area (Å²) in [4.78, 5) is 6.10. The fourth-order valence-corrected chi connectivity index (χ4v) is 1.74. The monoisotopic (exact) mass is 203 g/mol. The van der Waals surface area contributed by atoms with Crippen molar-refractivity contribution in [3.05, 3.63) is 24.0 Å². The second-order valence-electron chi connectivity index (χ2n) is 3.64. The highest BCUT2D eigenvalue weighted by Gasteiger charge is 2.20. The lowest BCUT2D eigenvalue weighted by Gasteiger charge is -2.25. The van der Waals surface area contributed by atoms with Crippen molar-refractivity contribution in [2.75, 3.05) is 25.2 Å². The van der Waals surface area contributed by atoms with Gasteiger partial charge in [0.1, 0.15) is 11.8 Å². The van der Waals surface area contributed by atoms with Gasteiger partial charge in [0.2, 0.25) is 0 Å². The molecule has 1 fully saturated rings. The van der Waals surface area contributed by atoms with Gasteiger partial charge in [0.05, 0.1) is 12.6 Å². The Morgan fingerprint density at radius 3 is 3.20 bits per heavy atom. The molecule has 2 rings (SSSR count). The average Bonchev–Trinajstić information content (AvgIpc) is 2.81. The quantitative estimate of drug-likeness (QED) is 0.724. The maximum atomic E-state index is 8.75. The molecule has 0 amide bonds. The molecule has 0 spiro atoms. The van der Waals surface area contributed by atoms with Crippen LogP contribution in [-0.4, -0.2) is 31.3 Å². The number of likely N-dealkylation sites (N-methyl/N-ethyl adjacent to an activating group) is 1. The van der Waals surface area contributed by atoms with E-state index >= 15 is 0 Å². The summed E-state index contributed by atoms with van der Waals surface area (Å²) in [6, 6.07) is 6.18. The molecule has 1 aromatic rings. The maximum absolute atomic E-state index is 8.75. The van der Waals surface area contributed by atoms with Crippen molar-refractivity contribution in [1.82, 2.24) is 4.98 Å². The molecule has 1 unspecified atom stereocenters. The van der Waals surface area contributed by atoms with E-state index in [1.165, 1.54) is 0 Å². The lowest BCUT2D eigenvalue weighted by molar-refractivity contribution is 0.193. The predicted octanol–water partition coefficient (Wildman–Crippen LogP) is 1.18. The highest BCUT2D eigenvalue weighted by atomic mass is 16.5. The van der Waals surface area contributed by atoms with Crippen LogP contribution in [-0.2, 0) is 4.74 Å². The van der Waals surface area contributed by atoms with Gasteiger partial charge in [-0.2, -0.15) is 5.26 Å². The van der Waals surface area contributed by atoms with Crippen molar-refractivity contribution in [2.45, 2.75) is 12.5 Å². The molecule has 1 aromatic heterocycles. The summed E-state index contributed by atoms with van der Waals surface area (Å²) in [7, 11) is 2.02. The van der Waals surface area contributed by atoms with Crippen molar-refractivity contribution < 1.29 is 4.74 Å². The van der Waals surface area contributed by atoms with Gasteiger partial charge in [-0.25, -0.2) is 4.98 Å². The van der Waals surface area contributed by atoms with Gasteiger partial charge in [0, 0.05) is 25.5 Å². The third kappa shape index (κ3) is 2.08. The number of rotatable bonds is 2. The summed E-state index contributed by atoms with van der Waals surface area (Å²) < 4.78 is 5.33. The van der Waals surface area contributed by atoms with Crippen LogP contribution in [0.25, 0.3) is 0 Å². The van der Waals surface area contributed by atoms with Crippen LogP contribution in [0.2, 0.25) is 0 Å². The van der Waals surface area contributed by atoms with Crippen molar-refractivity contribution in [2.24, 2.45) is 0 Å². The van der Waals surface area contributed by atoms with Crippen LogP contribution in [0, 0.1) is 11.3 Å². The van der Waals surface area contributed by atoms with E-state index in [-0.39, 0.29) is 0 Å². The van der Waals surface area contributed by atoms with Gasteiger partial charge in [0.15, 0.2) is 0 Å². The van der Waals surface area contributed by atoms with Crippen molar-refractivity contribution in [3.8, 4) is 6.07 Å². The second kappa shape index (κ2) is 4.28. The Hall–Kier alpha value is -1.60. The van der Waals surface area contributed by atoms with E-state index in [0.717, 1.165) is 25.3 Å². The first-order valence-electron chi connectivity index (χ1n) is 4.98. The van der Waals surface area contributed by atoms with Crippen LogP contribution in [0.1, 0.15) is 12.1 Å². The Balaban J connectivity index is 2.17. The number of anilines is 1. The smallest absolute Gasteiger partial charge is 0.142 e. The van der Waals surface area contributed by atoms with Crippen LogP contribution in [0.5, 0.6) is 0 Å². The molecule has 78 valence electrons. The highest BCUT2D eigenvalue weighted by molar-refractivity contribution is 5.49. The van der Waals surface area contributed by atoms with E-state index in [4.69, 9.17) is 10.00 Å². The zero-order valence-electron chi connectivity index (χ0n) is 8.68. The number of hydrogen-bond donors (Lipinski definition) is 0. The molecule has 2 heterocycles. The van der Waals surface area contributed by atoms with Gasteiger partial charge in [0.25, 0.3) is 0 Å². The molecule has 15 heavy (non-hydrogen) atoms. The van der Waals surface area contributed by atoms with Crippen molar-refractivity contribution in [1.29, 1.82) is 5.26 Å². The van der Waals surface area contributed by atoms with Crippen LogP contribution in [0.4, 0.5) is 5.69 Å². The minimum absolute atomic E-state index is 0.416. The molecule has 0 aliphatic carbocycles. The van der Waals surface area contributed by atoms with Gasteiger partial charge in [-0.15, -0.1) is 0 Å². The van der Waals surface area contributed by atoms with E-state index in [2.05, 4.69) is 9.88 Å². The molecular weight excluding hydrogens is 190 g/mol. The summed E-state index contributed by atoms with van der Waals surface area (Å²) in [5.74, 6) is 0. The number of hydrogen-bond acceptors (Lipinski definition) is 4. The fourth-order valence-electron chi connectivity index (χ4n) is 1.74. The topological polar surface area (TPSA) is 49.2 Å². The first kappa shape index (κ1) is 9.94. The first-order chi connectivity index (χ1) is 7.31. The van der Waals surface area contributed by atoms with Crippen LogP contribution in [0.3, 0.4) is 0 Å². The summed E-state index contributed by atoms with van der Waals surface area (Å²) in [6.07, 6.45) is 2.71. The molecule has 0 aromatic carbocycles. The molecule has 4 nitrogen and oxygen atoms in total. The summed E-state index contributed by atoms with van der Waals surface area (Å²) in [5, 5.41) is 8.75. The molecule has 0 saturated carbocycles. The van der Waals surface area contributed by atoms with Gasteiger partial charge < -0.3 is 9.64 Å². The molecule has 0 N–H and O–H groups in total. The van der Waals surface area contributed by atoms with Crippen molar-refractivity contribution >= 4 is 5.69 Å². The van der Waals surface area contributed by atoms with Crippen LogP contribution >= 0.6 is 0 Å². The van der Waals surface area contributed by atoms with Gasteiger partial charge >= 0.3 is 0 Å². The lowest BCUT2D eigenvalue weighted by Crippen LogP contribution is -2.31. The number of ether oxygens (including phenoxy) is 1. The Bertz CT molecular complexity index is 380. The van der Waals surface area contributed by atoms with E-state index < -0.39 is 0 Å². The van der Waals surface area contributed by atoms with E-state index in [0.29, 0.717) is 11.7 Å². The number of nitriles is 1. The predicted molar refractivity (Wildman–Crippen MR) is 56.6 cm³/mol. The van der Waals surface area contributed by atoms with E-state index in [1.54, 1.807) is 12.3 Å². The molecular formula is C11H13N3O. The Kier molecular flexibility index (Phi) is 2.84. The average molecular weight is 203 g/mol. The van der Waals surface area contributed by atoms with Gasteiger partial charge in [-0.3, -0.25) is 0 Å². The Morgan fingerprint density at radius 2 is 2.53 bits per heavy atom. The maximum Gasteiger partial charge on any atom is 0.142 e. The third-order valence-corrected chi connectivity index (χ3v) is 2.72. The van der Waals surface area contributed by atoms with Crippen LogP contribution < -0.4 is 4.90 Å². The largest absolute Gasteiger partial charge is 0.379 e. The van der Waals surface area contributed by atoms with E-state index in [9.17, 15) is 0 Å². The summed E-state index contributed by atoms with van der Waals surface area (Å²) in [5.41, 5.74) is 1.48. The van der Waals surface area contributed by atoms with E-state index in [1.807, 2.05) is 19.2 Å². The molecule has 0 bridgehead atoms. The Labute approximate surface area is 89.1 Å². The second-order valence-corrected chi connectivity index (χ2v) is 3.64. The normalized spacial score (nSPS) is 19.9. The highest BCUT2D eigenvalue weighted by Crippen LogP contribution is 2.19. The molecule has 4 heteroatoms. The zero-order chi connectivity index (χ0) is 10.7. The minimum Gasteiger partial charge on any atom is -0.379 e.